The van der Waals surface area contributed by atoms with Crippen LogP contribution in [0.1, 0.15) is 24.1 Å². The van der Waals surface area contributed by atoms with Gasteiger partial charge in [-0.2, -0.15) is 0 Å². The van der Waals surface area contributed by atoms with Gasteiger partial charge in [0.1, 0.15) is 11.5 Å². The number of hydrogen-bond donors (Lipinski definition) is 2. The molecule has 1 heterocycles. The lowest BCUT2D eigenvalue weighted by molar-refractivity contribution is 0.238. The van der Waals surface area contributed by atoms with Crippen LogP contribution >= 0.6 is 0 Å². The van der Waals surface area contributed by atoms with E-state index in [2.05, 4.69) is 15.6 Å². The van der Waals surface area contributed by atoms with Gasteiger partial charge in [-0.25, -0.2) is 4.79 Å². The molecule has 2 N–H and O–H groups in total. The summed E-state index contributed by atoms with van der Waals surface area (Å²) in [6, 6.07) is 20.8. The maximum absolute atomic E-state index is 12.2. The second-order valence-electron chi connectivity index (χ2n) is 6.19. The molecule has 3 rings (SSSR count). The van der Waals surface area contributed by atoms with Crippen molar-refractivity contribution < 1.29 is 9.53 Å². The average Bonchev–Trinajstić information content (AvgIpc) is 2.70. The number of pyridine rings is 1. The van der Waals surface area contributed by atoms with Gasteiger partial charge in [0.25, 0.3) is 0 Å². The molecule has 0 aliphatic rings. The highest BCUT2D eigenvalue weighted by Crippen LogP contribution is 2.29. The van der Waals surface area contributed by atoms with Crippen LogP contribution in [0.15, 0.2) is 79.1 Å². The van der Waals surface area contributed by atoms with Crippen molar-refractivity contribution >= 4 is 6.03 Å². The molecule has 0 aliphatic heterocycles. The Morgan fingerprint density at radius 3 is 2.59 bits per heavy atom. The van der Waals surface area contributed by atoms with E-state index < -0.39 is 0 Å². The fourth-order valence-corrected chi connectivity index (χ4v) is 2.74. The number of rotatable bonds is 7. The van der Waals surface area contributed by atoms with E-state index >= 15 is 0 Å². The summed E-state index contributed by atoms with van der Waals surface area (Å²) >= 11 is 0. The van der Waals surface area contributed by atoms with Gasteiger partial charge < -0.3 is 15.4 Å². The quantitative estimate of drug-likeness (QED) is 0.652. The van der Waals surface area contributed by atoms with Crippen LogP contribution in [0.3, 0.4) is 0 Å². The first-order valence-corrected chi connectivity index (χ1v) is 8.97. The second kappa shape index (κ2) is 9.38. The predicted octanol–water partition coefficient (Wildman–Crippen LogP) is 4.48. The molecule has 0 bridgehead atoms. The summed E-state index contributed by atoms with van der Waals surface area (Å²) < 4.78 is 5.97. The number of nitrogens with zero attached hydrogens (tertiary/aromatic N) is 1. The average molecular weight is 361 g/mol. The molecule has 2 aromatic carbocycles. The highest BCUT2D eigenvalue weighted by Gasteiger charge is 2.14. The third kappa shape index (κ3) is 5.57. The van der Waals surface area contributed by atoms with Crippen LogP contribution in [0, 0.1) is 0 Å². The van der Waals surface area contributed by atoms with Gasteiger partial charge in [0.05, 0.1) is 6.04 Å². The Hall–Kier alpha value is -3.34. The molecule has 3 aromatic rings. The smallest absolute Gasteiger partial charge is 0.315 e. The molecule has 5 heteroatoms. The monoisotopic (exact) mass is 361 g/mol. The Morgan fingerprint density at radius 1 is 1.04 bits per heavy atom. The van der Waals surface area contributed by atoms with E-state index in [4.69, 9.17) is 4.74 Å². The number of carbonyl (C=O) groups is 1. The van der Waals surface area contributed by atoms with Gasteiger partial charge in [0.15, 0.2) is 0 Å². The second-order valence-corrected chi connectivity index (χ2v) is 6.19. The summed E-state index contributed by atoms with van der Waals surface area (Å²) in [6.07, 6.45) is 4.28. The van der Waals surface area contributed by atoms with E-state index in [9.17, 15) is 4.79 Å². The van der Waals surface area contributed by atoms with Crippen molar-refractivity contribution in [2.24, 2.45) is 0 Å². The van der Waals surface area contributed by atoms with Crippen LogP contribution in [-0.2, 0) is 6.42 Å². The molecule has 1 unspecified atom stereocenters. The van der Waals surface area contributed by atoms with Crippen LogP contribution in [0.4, 0.5) is 4.79 Å². The van der Waals surface area contributed by atoms with Crippen LogP contribution in [0.2, 0.25) is 0 Å². The number of amides is 2. The van der Waals surface area contributed by atoms with Crippen LogP contribution < -0.4 is 15.4 Å². The number of aromatic nitrogens is 1. The van der Waals surface area contributed by atoms with E-state index in [0.717, 1.165) is 29.0 Å². The molecule has 0 fully saturated rings. The van der Waals surface area contributed by atoms with E-state index in [0.29, 0.717) is 6.54 Å². The highest BCUT2D eigenvalue weighted by molar-refractivity contribution is 5.74. The Balaban J connectivity index is 1.55. The Kier molecular flexibility index (Phi) is 6.41. The number of carbonyl (C=O) groups excluding carboxylic acids is 1. The van der Waals surface area contributed by atoms with Gasteiger partial charge in [0, 0.05) is 24.5 Å². The molecule has 0 radical (unpaired) electrons. The summed E-state index contributed by atoms with van der Waals surface area (Å²) in [5.41, 5.74) is 2.01. The standard InChI is InChI=1S/C22H23N3O2/c1-17(25-22(26)24-15-13-18-8-7-14-23-16-18)20-11-5-6-12-21(20)27-19-9-3-2-4-10-19/h2-12,14,16-17H,13,15H2,1H3,(H2,24,25,26). The van der Waals surface area contributed by atoms with E-state index in [1.807, 2.05) is 73.7 Å². The fraction of sp³-hybridized carbons (Fsp3) is 0.182. The molecule has 1 aromatic heterocycles. The maximum atomic E-state index is 12.2. The molecule has 138 valence electrons. The van der Waals surface area contributed by atoms with Gasteiger partial charge in [-0.05, 0) is 43.2 Å². The van der Waals surface area contributed by atoms with Gasteiger partial charge in [-0.1, -0.05) is 42.5 Å². The predicted molar refractivity (Wildman–Crippen MR) is 106 cm³/mol. The third-order valence-electron chi connectivity index (χ3n) is 4.13. The Bertz CT molecular complexity index is 854. The van der Waals surface area contributed by atoms with Gasteiger partial charge in [-0.3, -0.25) is 4.98 Å². The minimum Gasteiger partial charge on any atom is -0.457 e. The summed E-state index contributed by atoms with van der Waals surface area (Å²) in [7, 11) is 0. The summed E-state index contributed by atoms with van der Waals surface area (Å²) in [6.45, 7) is 2.49. The number of nitrogens with one attached hydrogen (secondary N) is 2. The topological polar surface area (TPSA) is 63.2 Å². The third-order valence-corrected chi connectivity index (χ3v) is 4.13. The van der Waals surface area contributed by atoms with Crippen molar-refractivity contribution in [2.75, 3.05) is 6.54 Å². The highest BCUT2D eigenvalue weighted by atomic mass is 16.5. The van der Waals surface area contributed by atoms with Crippen LogP contribution in [0.25, 0.3) is 0 Å². The zero-order valence-corrected chi connectivity index (χ0v) is 15.3. The number of hydrogen-bond acceptors (Lipinski definition) is 3. The summed E-state index contributed by atoms with van der Waals surface area (Å²) in [5.74, 6) is 1.49. The number of para-hydroxylation sites is 2. The molecular formula is C22H23N3O2. The zero-order valence-electron chi connectivity index (χ0n) is 15.3. The molecule has 0 saturated carbocycles. The summed E-state index contributed by atoms with van der Waals surface area (Å²) in [4.78, 5) is 16.3. The lowest BCUT2D eigenvalue weighted by Crippen LogP contribution is -2.38. The minimum atomic E-state index is -0.207. The molecule has 0 saturated heterocycles. The lowest BCUT2D eigenvalue weighted by Gasteiger charge is -2.18. The minimum absolute atomic E-state index is 0.191. The Morgan fingerprint density at radius 2 is 1.81 bits per heavy atom. The maximum Gasteiger partial charge on any atom is 0.315 e. The molecule has 1 atom stereocenters. The van der Waals surface area contributed by atoms with E-state index in [-0.39, 0.29) is 12.1 Å². The number of ether oxygens (including phenoxy) is 1. The molecule has 27 heavy (non-hydrogen) atoms. The first-order valence-electron chi connectivity index (χ1n) is 8.97. The van der Waals surface area contributed by atoms with Crippen molar-refractivity contribution in [1.82, 2.24) is 15.6 Å². The molecule has 0 spiro atoms. The van der Waals surface area contributed by atoms with Crippen LogP contribution in [0.5, 0.6) is 11.5 Å². The molecule has 0 aliphatic carbocycles. The Labute approximate surface area is 159 Å². The van der Waals surface area contributed by atoms with Crippen molar-refractivity contribution in [2.45, 2.75) is 19.4 Å². The SMILES string of the molecule is CC(NC(=O)NCCc1cccnc1)c1ccccc1Oc1ccccc1. The molecule has 5 nitrogen and oxygen atoms in total. The van der Waals surface area contributed by atoms with Gasteiger partial charge in [-0.15, -0.1) is 0 Å². The van der Waals surface area contributed by atoms with E-state index in [1.165, 1.54) is 0 Å². The lowest BCUT2D eigenvalue weighted by atomic mass is 10.1. The number of urea groups is 1. The fourth-order valence-electron chi connectivity index (χ4n) is 2.74. The summed E-state index contributed by atoms with van der Waals surface area (Å²) in [5, 5.41) is 5.85. The van der Waals surface area contributed by atoms with Crippen molar-refractivity contribution in [1.29, 1.82) is 0 Å². The van der Waals surface area contributed by atoms with Gasteiger partial charge in [0.2, 0.25) is 0 Å². The largest absolute Gasteiger partial charge is 0.457 e. The zero-order chi connectivity index (χ0) is 18.9. The van der Waals surface area contributed by atoms with Crippen molar-refractivity contribution in [3.8, 4) is 11.5 Å². The molecule has 2 amide bonds. The number of benzene rings is 2. The first-order chi connectivity index (χ1) is 13.2. The van der Waals surface area contributed by atoms with Crippen LogP contribution in [-0.4, -0.2) is 17.6 Å². The van der Waals surface area contributed by atoms with Crippen molar-refractivity contribution in [3.05, 3.63) is 90.3 Å². The van der Waals surface area contributed by atoms with Crippen molar-refractivity contribution in [3.63, 3.8) is 0 Å². The molecular weight excluding hydrogens is 338 g/mol. The van der Waals surface area contributed by atoms with Gasteiger partial charge >= 0.3 is 6.03 Å². The van der Waals surface area contributed by atoms with E-state index in [1.54, 1.807) is 12.4 Å². The first kappa shape index (κ1) is 18.5. The normalized spacial score (nSPS) is 11.4.